The first kappa shape index (κ1) is 22.5. The summed E-state index contributed by atoms with van der Waals surface area (Å²) in [5.41, 5.74) is 2.57. The maximum Gasteiger partial charge on any atom is 0.269 e. The molecule has 10 heteroatoms. The van der Waals surface area contributed by atoms with Crippen molar-refractivity contribution >= 4 is 74.3 Å². The van der Waals surface area contributed by atoms with Crippen LogP contribution in [0.2, 0.25) is 0 Å². The molecule has 32 heavy (non-hydrogen) atoms. The fraction of sp³-hybridized carbons (Fsp3) is 0.227. The Labute approximate surface area is 199 Å². The summed E-state index contributed by atoms with van der Waals surface area (Å²) >= 11 is 7.88. The standard InChI is InChI=1S/C22H20N4O3S3/c1-3-29-16-9-7-15(8-10-16)26-19-18(32-22(26)30)20(28)25-21(24-19)31-12-17(27)23-14-6-4-5-13(2)11-14/h4-11,18H,3,12H2,1-2H3,(H,23,27). The second-order valence-corrected chi connectivity index (χ2v) is 9.62. The molecule has 2 aliphatic rings. The summed E-state index contributed by atoms with van der Waals surface area (Å²) in [6, 6.07) is 15.0. The lowest BCUT2D eigenvalue weighted by Gasteiger charge is -2.21. The molecule has 2 aromatic carbocycles. The Bertz CT molecular complexity index is 1130. The minimum absolute atomic E-state index is 0.0855. The van der Waals surface area contributed by atoms with Crippen LogP contribution in [0.4, 0.5) is 11.4 Å². The van der Waals surface area contributed by atoms with Crippen LogP contribution in [0.25, 0.3) is 0 Å². The zero-order valence-electron chi connectivity index (χ0n) is 17.4. The summed E-state index contributed by atoms with van der Waals surface area (Å²) in [6.45, 7) is 4.46. The molecule has 0 bridgehead atoms. The number of amidine groups is 2. The number of aryl methyl sites for hydroxylation is 1. The third-order valence-corrected chi connectivity index (χ3v) is 6.90. The van der Waals surface area contributed by atoms with Crippen molar-refractivity contribution in [2.24, 2.45) is 9.98 Å². The molecular formula is C22H20N4O3S3. The van der Waals surface area contributed by atoms with Crippen molar-refractivity contribution in [1.82, 2.24) is 0 Å². The van der Waals surface area contributed by atoms with Crippen LogP contribution in [0.1, 0.15) is 12.5 Å². The van der Waals surface area contributed by atoms with Gasteiger partial charge in [-0.15, -0.1) is 0 Å². The Morgan fingerprint density at radius 2 is 2.03 bits per heavy atom. The fourth-order valence-electron chi connectivity index (χ4n) is 3.17. The van der Waals surface area contributed by atoms with Crippen LogP contribution in [0.3, 0.4) is 0 Å². The maximum absolute atomic E-state index is 12.6. The lowest BCUT2D eigenvalue weighted by Crippen LogP contribution is -2.37. The molecule has 1 unspecified atom stereocenters. The molecule has 1 N–H and O–H groups in total. The predicted molar refractivity (Wildman–Crippen MR) is 136 cm³/mol. The molecule has 0 aliphatic carbocycles. The summed E-state index contributed by atoms with van der Waals surface area (Å²) in [6.07, 6.45) is 0. The first-order valence-corrected chi connectivity index (χ1v) is 12.2. The zero-order chi connectivity index (χ0) is 22.7. The van der Waals surface area contributed by atoms with Crippen molar-refractivity contribution in [1.29, 1.82) is 0 Å². The molecule has 7 nitrogen and oxygen atoms in total. The number of fused-ring (bicyclic) bond motifs is 1. The predicted octanol–water partition coefficient (Wildman–Crippen LogP) is 4.27. The summed E-state index contributed by atoms with van der Waals surface area (Å²) < 4.78 is 6.03. The molecule has 2 aliphatic heterocycles. The van der Waals surface area contributed by atoms with Gasteiger partial charge in [-0.1, -0.05) is 47.9 Å². The minimum Gasteiger partial charge on any atom is -0.494 e. The highest BCUT2D eigenvalue weighted by atomic mass is 32.2. The van der Waals surface area contributed by atoms with E-state index >= 15 is 0 Å². The van der Waals surface area contributed by atoms with Gasteiger partial charge in [-0.3, -0.25) is 14.5 Å². The molecule has 1 fully saturated rings. The van der Waals surface area contributed by atoms with Crippen molar-refractivity contribution in [2.45, 2.75) is 19.1 Å². The van der Waals surface area contributed by atoms with Crippen molar-refractivity contribution in [3.8, 4) is 5.75 Å². The third kappa shape index (κ3) is 5.03. The van der Waals surface area contributed by atoms with E-state index in [9.17, 15) is 9.59 Å². The molecule has 0 aromatic heterocycles. The van der Waals surface area contributed by atoms with Crippen molar-refractivity contribution < 1.29 is 14.3 Å². The van der Waals surface area contributed by atoms with Crippen LogP contribution in [0, 0.1) is 6.92 Å². The number of ether oxygens (including phenoxy) is 1. The number of anilines is 2. The minimum atomic E-state index is -0.570. The number of benzene rings is 2. The number of amides is 2. The number of hydrogen-bond acceptors (Lipinski definition) is 7. The van der Waals surface area contributed by atoms with Gasteiger partial charge in [0.2, 0.25) is 5.91 Å². The average molecular weight is 485 g/mol. The van der Waals surface area contributed by atoms with E-state index in [0.717, 1.165) is 34.4 Å². The molecule has 2 heterocycles. The first-order chi connectivity index (χ1) is 15.4. The quantitative estimate of drug-likeness (QED) is 0.613. The average Bonchev–Trinajstić information content (AvgIpc) is 3.10. The number of nitrogens with one attached hydrogen (secondary N) is 1. The van der Waals surface area contributed by atoms with Crippen LogP contribution in [0.5, 0.6) is 5.75 Å². The maximum atomic E-state index is 12.6. The molecule has 4 rings (SSSR count). The van der Waals surface area contributed by atoms with Gasteiger partial charge in [0.25, 0.3) is 5.91 Å². The summed E-state index contributed by atoms with van der Waals surface area (Å²) in [7, 11) is 0. The molecule has 0 saturated carbocycles. The Kier molecular flexibility index (Phi) is 6.92. The van der Waals surface area contributed by atoms with Crippen molar-refractivity contribution in [3.63, 3.8) is 0 Å². The van der Waals surface area contributed by atoms with Gasteiger partial charge in [-0.05, 0) is 55.8 Å². The van der Waals surface area contributed by atoms with Crippen molar-refractivity contribution in [2.75, 3.05) is 22.6 Å². The van der Waals surface area contributed by atoms with Gasteiger partial charge in [-0.25, -0.2) is 4.99 Å². The van der Waals surface area contributed by atoms with E-state index in [1.54, 1.807) is 4.90 Å². The summed E-state index contributed by atoms with van der Waals surface area (Å²) in [5.74, 6) is 0.841. The van der Waals surface area contributed by atoms with Gasteiger partial charge in [0, 0.05) is 11.4 Å². The van der Waals surface area contributed by atoms with E-state index in [0.29, 0.717) is 16.8 Å². The lowest BCUT2D eigenvalue weighted by molar-refractivity contribution is -0.116. The number of nitrogens with zero attached hydrogens (tertiary/aromatic N) is 3. The van der Waals surface area contributed by atoms with Crippen LogP contribution < -0.4 is 15.0 Å². The second kappa shape index (κ2) is 9.85. The molecule has 2 amide bonds. The molecular weight excluding hydrogens is 464 g/mol. The van der Waals surface area contributed by atoms with Crippen LogP contribution in [-0.4, -0.2) is 44.7 Å². The van der Waals surface area contributed by atoms with Crippen LogP contribution >= 0.6 is 35.7 Å². The van der Waals surface area contributed by atoms with E-state index in [1.165, 1.54) is 11.8 Å². The number of thiocarbonyl (C=S) groups is 1. The number of hydrogen-bond donors (Lipinski definition) is 1. The first-order valence-electron chi connectivity index (χ1n) is 9.88. The van der Waals surface area contributed by atoms with Gasteiger partial charge in [0.15, 0.2) is 10.4 Å². The highest BCUT2D eigenvalue weighted by molar-refractivity contribution is 8.25. The second-order valence-electron chi connectivity index (χ2n) is 6.94. The van der Waals surface area contributed by atoms with E-state index in [4.69, 9.17) is 17.0 Å². The van der Waals surface area contributed by atoms with Gasteiger partial charge >= 0.3 is 0 Å². The zero-order valence-corrected chi connectivity index (χ0v) is 19.9. The Morgan fingerprint density at radius 3 is 2.75 bits per heavy atom. The number of thioether (sulfide) groups is 2. The lowest BCUT2D eigenvalue weighted by atomic mass is 10.2. The molecule has 1 saturated heterocycles. The summed E-state index contributed by atoms with van der Waals surface area (Å²) in [5, 5.41) is 2.52. The summed E-state index contributed by atoms with van der Waals surface area (Å²) in [4.78, 5) is 35.4. The smallest absolute Gasteiger partial charge is 0.269 e. The van der Waals surface area contributed by atoms with Crippen molar-refractivity contribution in [3.05, 3.63) is 54.1 Å². The van der Waals surface area contributed by atoms with Crippen LogP contribution in [-0.2, 0) is 9.59 Å². The number of rotatable bonds is 6. The highest BCUT2D eigenvalue weighted by Gasteiger charge is 2.43. The van der Waals surface area contributed by atoms with E-state index in [-0.39, 0.29) is 22.7 Å². The molecule has 2 aromatic rings. The highest BCUT2D eigenvalue weighted by Crippen LogP contribution is 2.36. The number of carbonyl (C=O) groups excluding carboxylic acids is 2. The van der Waals surface area contributed by atoms with Gasteiger partial charge in [-0.2, -0.15) is 4.99 Å². The molecule has 164 valence electrons. The Morgan fingerprint density at radius 1 is 1.25 bits per heavy atom. The van der Waals surface area contributed by atoms with E-state index < -0.39 is 5.25 Å². The largest absolute Gasteiger partial charge is 0.494 e. The fourth-order valence-corrected chi connectivity index (χ4v) is 5.23. The van der Waals surface area contributed by atoms with Gasteiger partial charge in [0.05, 0.1) is 12.4 Å². The van der Waals surface area contributed by atoms with Gasteiger partial charge in [0.1, 0.15) is 15.9 Å². The third-order valence-electron chi connectivity index (χ3n) is 4.55. The molecule has 0 spiro atoms. The molecule has 0 radical (unpaired) electrons. The monoisotopic (exact) mass is 484 g/mol. The topological polar surface area (TPSA) is 83.4 Å². The molecule has 1 atom stereocenters. The Hall–Kier alpha value is -2.69. The number of aliphatic imine (C=N–C) groups is 2. The van der Waals surface area contributed by atoms with Gasteiger partial charge < -0.3 is 10.1 Å². The van der Waals surface area contributed by atoms with E-state index in [2.05, 4.69) is 15.3 Å². The SMILES string of the molecule is CCOc1ccc(N2C(=S)SC3C(=O)N=C(SCC(=O)Nc4cccc(C)c4)N=C32)cc1. The normalized spacial score (nSPS) is 17.6. The number of carbonyl (C=O) groups is 2. The Balaban J connectivity index is 1.47. The van der Waals surface area contributed by atoms with E-state index in [1.807, 2.05) is 62.4 Å². The van der Waals surface area contributed by atoms with Crippen LogP contribution in [0.15, 0.2) is 58.5 Å².